The van der Waals surface area contributed by atoms with Crippen LogP contribution in [0.15, 0.2) is 24.3 Å². The summed E-state index contributed by atoms with van der Waals surface area (Å²) >= 11 is 0. The number of carbonyl (C=O) groups is 3. The van der Waals surface area contributed by atoms with Gasteiger partial charge in [0, 0.05) is 38.3 Å². The van der Waals surface area contributed by atoms with Gasteiger partial charge in [-0.25, -0.2) is 4.79 Å². The molecular formula is C20H30ClN5O3. The Morgan fingerprint density at radius 1 is 1.21 bits per heavy atom. The third-order valence-electron chi connectivity index (χ3n) is 5.08. The van der Waals surface area contributed by atoms with Crippen LogP contribution in [-0.4, -0.2) is 72.5 Å². The summed E-state index contributed by atoms with van der Waals surface area (Å²) in [4.78, 5) is 41.1. The fourth-order valence-electron chi connectivity index (χ4n) is 3.77. The highest BCUT2D eigenvalue weighted by Crippen LogP contribution is 2.22. The number of rotatable bonds is 4. The predicted molar refractivity (Wildman–Crippen MR) is 114 cm³/mol. The molecule has 4 amide bonds. The summed E-state index contributed by atoms with van der Waals surface area (Å²) in [5, 5.41) is 8.62. The van der Waals surface area contributed by atoms with E-state index in [1.807, 2.05) is 18.7 Å². The minimum atomic E-state index is -0.335. The summed E-state index contributed by atoms with van der Waals surface area (Å²) < 4.78 is 0. The second kappa shape index (κ2) is 10.5. The van der Waals surface area contributed by atoms with Crippen molar-refractivity contribution in [3.63, 3.8) is 0 Å². The monoisotopic (exact) mass is 423 g/mol. The largest absolute Gasteiger partial charge is 0.337 e. The van der Waals surface area contributed by atoms with E-state index in [1.54, 1.807) is 29.2 Å². The lowest BCUT2D eigenvalue weighted by Crippen LogP contribution is -2.57. The third-order valence-corrected chi connectivity index (χ3v) is 5.08. The minimum Gasteiger partial charge on any atom is -0.337 e. The van der Waals surface area contributed by atoms with E-state index in [1.165, 1.54) is 0 Å². The van der Waals surface area contributed by atoms with Gasteiger partial charge in [0.2, 0.25) is 5.91 Å². The van der Waals surface area contributed by atoms with Gasteiger partial charge in [-0.05, 0) is 38.8 Å². The number of para-hydroxylation sites is 1. The van der Waals surface area contributed by atoms with Crippen molar-refractivity contribution < 1.29 is 14.4 Å². The van der Waals surface area contributed by atoms with Crippen molar-refractivity contribution in [1.82, 2.24) is 20.4 Å². The number of hydrogen-bond acceptors (Lipinski definition) is 4. The molecule has 1 aromatic carbocycles. The topological polar surface area (TPSA) is 93.8 Å². The standard InChI is InChI=1S/C20H29N5O3.ClH/c1-14(2)22-20(28)23-17-8-4-3-7-16(17)19(27)24-10-5-6-15(13-24)25-11-9-21-12-18(25)26;/h3-4,7-8,14-15,21H,5-6,9-13H2,1-2H3,(H2,22,23,28);1H. The molecule has 2 aliphatic rings. The lowest BCUT2D eigenvalue weighted by molar-refractivity contribution is -0.135. The van der Waals surface area contributed by atoms with Crippen molar-refractivity contribution in [3.8, 4) is 0 Å². The quantitative estimate of drug-likeness (QED) is 0.686. The van der Waals surface area contributed by atoms with Crippen LogP contribution in [0.4, 0.5) is 10.5 Å². The van der Waals surface area contributed by atoms with Crippen LogP contribution in [0, 0.1) is 0 Å². The molecule has 0 aliphatic carbocycles. The van der Waals surface area contributed by atoms with Gasteiger partial charge in [0.25, 0.3) is 5.91 Å². The molecule has 2 aliphatic heterocycles. The first kappa shape index (κ1) is 23.0. The van der Waals surface area contributed by atoms with Crippen molar-refractivity contribution in [3.05, 3.63) is 29.8 Å². The van der Waals surface area contributed by atoms with Crippen LogP contribution >= 0.6 is 12.4 Å². The molecule has 0 aromatic heterocycles. The van der Waals surface area contributed by atoms with Crippen LogP contribution in [0.2, 0.25) is 0 Å². The summed E-state index contributed by atoms with van der Waals surface area (Å²) in [6.07, 6.45) is 1.77. The molecule has 29 heavy (non-hydrogen) atoms. The van der Waals surface area contributed by atoms with Gasteiger partial charge in [-0.3, -0.25) is 9.59 Å². The van der Waals surface area contributed by atoms with Crippen LogP contribution in [0.3, 0.4) is 0 Å². The van der Waals surface area contributed by atoms with E-state index >= 15 is 0 Å². The second-order valence-electron chi connectivity index (χ2n) is 7.61. The number of hydrogen-bond donors (Lipinski definition) is 3. The maximum Gasteiger partial charge on any atom is 0.319 e. The minimum absolute atomic E-state index is 0. The molecule has 1 unspecified atom stereocenters. The van der Waals surface area contributed by atoms with Crippen LogP contribution in [-0.2, 0) is 4.79 Å². The van der Waals surface area contributed by atoms with Gasteiger partial charge in [0.15, 0.2) is 0 Å². The fraction of sp³-hybridized carbons (Fsp3) is 0.550. The van der Waals surface area contributed by atoms with E-state index in [-0.39, 0.29) is 42.3 Å². The second-order valence-corrected chi connectivity index (χ2v) is 7.61. The molecule has 1 aromatic rings. The first-order chi connectivity index (χ1) is 13.5. The van der Waals surface area contributed by atoms with Crippen LogP contribution < -0.4 is 16.0 Å². The third kappa shape index (κ3) is 5.83. The molecule has 2 fully saturated rings. The van der Waals surface area contributed by atoms with Crippen molar-refractivity contribution in [2.45, 2.75) is 38.8 Å². The molecule has 3 rings (SSSR count). The van der Waals surface area contributed by atoms with Crippen molar-refractivity contribution in [2.24, 2.45) is 0 Å². The Morgan fingerprint density at radius 3 is 2.69 bits per heavy atom. The SMILES string of the molecule is CC(C)NC(=O)Nc1ccccc1C(=O)N1CCCC(N2CCNCC2=O)C1.Cl. The van der Waals surface area contributed by atoms with Gasteiger partial charge in [-0.2, -0.15) is 0 Å². The predicted octanol–water partition coefficient (Wildman–Crippen LogP) is 1.67. The molecule has 2 heterocycles. The number of halogens is 1. The number of likely N-dealkylation sites (tertiary alicyclic amines) is 1. The lowest BCUT2D eigenvalue weighted by Gasteiger charge is -2.41. The van der Waals surface area contributed by atoms with Gasteiger partial charge in [0.05, 0.1) is 17.8 Å². The number of anilines is 1. The van der Waals surface area contributed by atoms with Gasteiger partial charge in [0.1, 0.15) is 0 Å². The van der Waals surface area contributed by atoms with Crippen LogP contribution in [0.1, 0.15) is 37.0 Å². The summed E-state index contributed by atoms with van der Waals surface area (Å²) in [7, 11) is 0. The number of carbonyl (C=O) groups excluding carboxylic acids is 3. The zero-order valence-electron chi connectivity index (χ0n) is 16.9. The molecule has 0 bridgehead atoms. The Kier molecular flexibility index (Phi) is 8.28. The Morgan fingerprint density at radius 2 is 1.97 bits per heavy atom. The van der Waals surface area contributed by atoms with E-state index in [0.717, 1.165) is 19.4 Å². The number of piperidine rings is 1. The number of amides is 4. The average Bonchev–Trinajstić information content (AvgIpc) is 2.68. The molecule has 0 spiro atoms. The number of urea groups is 1. The number of nitrogens with one attached hydrogen (secondary N) is 3. The number of nitrogens with zero attached hydrogens (tertiary/aromatic N) is 2. The van der Waals surface area contributed by atoms with E-state index < -0.39 is 0 Å². The first-order valence-corrected chi connectivity index (χ1v) is 9.91. The van der Waals surface area contributed by atoms with Gasteiger partial charge >= 0.3 is 6.03 Å². The van der Waals surface area contributed by atoms with Crippen LogP contribution in [0.5, 0.6) is 0 Å². The zero-order chi connectivity index (χ0) is 20.1. The van der Waals surface area contributed by atoms with Crippen molar-refractivity contribution >= 4 is 35.9 Å². The normalized spacial score (nSPS) is 19.6. The number of benzene rings is 1. The van der Waals surface area contributed by atoms with Gasteiger partial charge in [-0.15, -0.1) is 12.4 Å². The highest BCUT2D eigenvalue weighted by atomic mass is 35.5. The zero-order valence-corrected chi connectivity index (χ0v) is 17.8. The van der Waals surface area contributed by atoms with Gasteiger partial charge < -0.3 is 25.8 Å². The molecule has 0 saturated carbocycles. The van der Waals surface area contributed by atoms with E-state index in [4.69, 9.17) is 0 Å². The first-order valence-electron chi connectivity index (χ1n) is 9.91. The Balaban J connectivity index is 0.00000300. The molecule has 9 heteroatoms. The molecular weight excluding hydrogens is 394 g/mol. The fourth-order valence-corrected chi connectivity index (χ4v) is 3.77. The molecule has 3 N–H and O–H groups in total. The Bertz CT molecular complexity index is 743. The highest BCUT2D eigenvalue weighted by Gasteiger charge is 2.32. The van der Waals surface area contributed by atoms with Gasteiger partial charge in [-0.1, -0.05) is 12.1 Å². The summed E-state index contributed by atoms with van der Waals surface area (Å²) in [6.45, 7) is 6.76. The van der Waals surface area contributed by atoms with Crippen LogP contribution in [0.25, 0.3) is 0 Å². The summed E-state index contributed by atoms with van der Waals surface area (Å²) in [6, 6.07) is 6.76. The maximum absolute atomic E-state index is 13.2. The molecule has 1 atom stereocenters. The smallest absolute Gasteiger partial charge is 0.319 e. The average molecular weight is 424 g/mol. The molecule has 0 radical (unpaired) electrons. The molecule has 160 valence electrons. The van der Waals surface area contributed by atoms with Crippen molar-refractivity contribution in [2.75, 3.05) is 38.0 Å². The molecule has 8 nitrogen and oxygen atoms in total. The van der Waals surface area contributed by atoms with E-state index in [9.17, 15) is 14.4 Å². The molecule has 2 saturated heterocycles. The summed E-state index contributed by atoms with van der Waals surface area (Å²) in [5.74, 6) is -0.0225. The van der Waals surface area contributed by atoms with E-state index in [2.05, 4.69) is 16.0 Å². The maximum atomic E-state index is 13.2. The Labute approximate surface area is 177 Å². The van der Waals surface area contributed by atoms with E-state index in [0.29, 0.717) is 37.4 Å². The number of piperazine rings is 1. The highest BCUT2D eigenvalue weighted by molar-refractivity contribution is 6.03. The Hall–Kier alpha value is -2.32. The lowest BCUT2D eigenvalue weighted by atomic mass is 10.0. The summed E-state index contributed by atoms with van der Waals surface area (Å²) in [5.41, 5.74) is 0.958. The van der Waals surface area contributed by atoms with Crippen molar-refractivity contribution in [1.29, 1.82) is 0 Å².